The first-order chi connectivity index (χ1) is 11.9. The molecule has 9 nitrogen and oxygen atoms in total. The molecule has 2 aliphatic rings. The minimum atomic E-state index is -0.974. The van der Waals surface area contributed by atoms with Gasteiger partial charge in [0.15, 0.2) is 0 Å². The molecule has 5 N–H and O–H groups in total. The van der Waals surface area contributed by atoms with E-state index in [9.17, 15) is 18.8 Å². The molecule has 134 valence electrons. The molecule has 1 saturated heterocycles. The summed E-state index contributed by atoms with van der Waals surface area (Å²) in [6.07, 6.45) is -1.30. The summed E-state index contributed by atoms with van der Waals surface area (Å²) in [5.74, 6) is 3.22. The first-order valence-electron chi connectivity index (χ1n) is 7.60. The zero-order valence-electron chi connectivity index (χ0n) is 13.2. The molecule has 10 heteroatoms. The molecule has 3 amide bonds. The van der Waals surface area contributed by atoms with E-state index in [1.807, 2.05) is 5.43 Å². The third kappa shape index (κ3) is 3.13. The van der Waals surface area contributed by atoms with Crippen LogP contribution in [0, 0.1) is 5.82 Å². The number of fused-ring (bicyclic) bond motifs is 1. The Morgan fingerprint density at radius 3 is 2.84 bits per heavy atom. The molecule has 25 heavy (non-hydrogen) atoms. The lowest BCUT2D eigenvalue weighted by molar-refractivity contribution is -0.0612. The fraction of sp³-hybridized carbons (Fsp3) is 0.400. The molecule has 2 atom stereocenters. The zero-order chi connectivity index (χ0) is 18.1. The molecule has 0 radical (unpaired) electrons. The summed E-state index contributed by atoms with van der Waals surface area (Å²) in [5.41, 5.74) is 7.18. The van der Waals surface area contributed by atoms with Crippen molar-refractivity contribution in [1.29, 1.82) is 0 Å². The summed E-state index contributed by atoms with van der Waals surface area (Å²) in [5, 5.41) is 0. The lowest BCUT2D eigenvalue weighted by Crippen LogP contribution is -2.51. The maximum Gasteiger partial charge on any atom is 0.404 e. The van der Waals surface area contributed by atoms with Crippen LogP contribution in [0.2, 0.25) is 0 Å². The lowest BCUT2D eigenvalue weighted by Gasteiger charge is -2.36. The molecule has 2 aliphatic heterocycles. The van der Waals surface area contributed by atoms with Gasteiger partial charge in [-0.15, -0.1) is 0 Å². The number of hydrazine groups is 1. The van der Waals surface area contributed by atoms with E-state index < -0.39 is 35.9 Å². The summed E-state index contributed by atoms with van der Waals surface area (Å²) < 4.78 is 24.6. The van der Waals surface area contributed by atoms with Gasteiger partial charge in [0.25, 0.3) is 11.8 Å². The van der Waals surface area contributed by atoms with Gasteiger partial charge < -0.3 is 20.1 Å². The van der Waals surface area contributed by atoms with Gasteiger partial charge in [-0.25, -0.2) is 15.0 Å². The monoisotopic (exact) mass is 352 g/mol. The van der Waals surface area contributed by atoms with Crippen molar-refractivity contribution in [2.75, 3.05) is 13.2 Å². The summed E-state index contributed by atoms with van der Waals surface area (Å²) in [6.45, 7) is 0.470. The second-order valence-electron chi connectivity index (χ2n) is 5.80. The van der Waals surface area contributed by atoms with Gasteiger partial charge in [-0.05, 0) is 18.6 Å². The molecule has 0 unspecified atom stereocenters. The van der Waals surface area contributed by atoms with Crippen LogP contribution in [-0.4, -0.2) is 48.2 Å². The molecular formula is C15H17FN4O5. The highest BCUT2D eigenvalue weighted by atomic mass is 19.1. The number of hydrogen-bond acceptors (Lipinski definition) is 6. The number of nitrogens with two attached hydrogens (primary N) is 2. The summed E-state index contributed by atoms with van der Waals surface area (Å²) in [7, 11) is 0. The quantitative estimate of drug-likeness (QED) is 0.386. The van der Waals surface area contributed by atoms with Gasteiger partial charge >= 0.3 is 6.09 Å². The first-order valence-corrected chi connectivity index (χ1v) is 7.60. The Morgan fingerprint density at radius 1 is 1.40 bits per heavy atom. The largest absolute Gasteiger partial charge is 0.442 e. The predicted octanol–water partition coefficient (Wildman–Crippen LogP) is -0.362. The normalized spacial score (nSPS) is 22.5. The third-order valence-corrected chi connectivity index (χ3v) is 4.35. The third-order valence-electron chi connectivity index (χ3n) is 4.35. The number of hydrogen-bond donors (Lipinski definition) is 3. The topological polar surface area (TPSA) is 137 Å². The average molecular weight is 352 g/mol. The van der Waals surface area contributed by atoms with Gasteiger partial charge in [0.2, 0.25) is 0 Å². The first kappa shape index (κ1) is 17.1. The number of amides is 3. The summed E-state index contributed by atoms with van der Waals surface area (Å²) in [6, 6.07) is 1.83. The van der Waals surface area contributed by atoms with E-state index in [-0.39, 0.29) is 29.8 Å². The van der Waals surface area contributed by atoms with E-state index in [1.165, 1.54) is 11.0 Å². The molecular weight excluding hydrogens is 335 g/mol. The second-order valence-corrected chi connectivity index (χ2v) is 5.80. The minimum Gasteiger partial charge on any atom is -0.442 e. The number of nitrogens with zero attached hydrogens (tertiary/aromatic N) is 1. The molecule has 2 heterocycles. The van der Waals surface area contributed by atoms with Gasteiger partial charge in [0, 0.05) is 23.3 Å². The van der Waals surface area contributed by atoms with Crippen molar-refractivity contribution in [3.63, 3.8) is 0 Å². The SMILES string of the molecule is NNC(=O)c1cc(F)c2c(c1)C(=O)N([C@@H]1CCOC[C@H]1OC(N)=O)C2. The molecule has 0 aromatic heterocycles. The van der Waals surface area contributed by atoms with Crippen molar-refractivity contribution in [2.24, 2.45) is 11.6 Å². The number of carbonyl (C=O) groups excluding carboxylic acids is 3. The van der Waals surface area contributed by atoms with Gasteiger partial charge in [0.05, 0.1) is 19.2 Å². The number of ether oxygens (including phenoxy) is 2. The number of halogens is 1. The fourth-order valence-corrected chi connectivity index (χ4v) is 3.19. The van der Waals surface area contributed by atoms with Gasteiger partial charge in [-0.1, -0.05) is 0 Å². The van der Waals surface area contributed by atoms with Crippen LogP contribution in [0.1, 0.15) is 32.7 Å². The van der Waals surface area contributed by atoms with E-state index in [2.05, 4.69) is 0 Å². The Labute approximate surface area is 142 Å². The van der Waals surface area contributed by atoms with E-state index in [0.29, 0.717) is 13.0 Å². The predicted molar refractivity (Wildman–Crippen MR) is 81.6 cm³/mol. The maximum atomic E-state index is 14.3. The summed E-state index contributed by atoms with van der Waals surface area (Å²) in [4.78, 5) is 36.8. The molecule has 1 aromatic rings. The van der Waals surface area contributed by atoms with Crippen molar-refractivity contribution < 1.29 is 28.2 Å². The van der Waals surface area contributed by atoms with E-state index in [0.717, 1.165) is 6.07 Å². The van der Waals surface area contributed by atoms with Crippen molar-refractivity contribution in [3.05, 3.63) is 34.6 Å². The van der Waals surface area contributed by atoms with Gasteiger partial charge in [-0.3, -0.25) is 15.0 Å². The van der Waals surface area contributed by atoms with Crippen LogP contribution in [0.25, 0.3) is 0 Å². The highest BCUT2D eigenvalue weighted by molar-refractivity contribution is 6.02. The van der Waals surface area contributed by atoms with Crippen LogP contribution < -0.4 is 17.0 Å². The van der Waals surface area contributed by atoms with Crippen molar-refractivity contribution in [1.82, 2.24) is 10.3 Å². The zero-order valence-corrected chi connectivity index (χ0v) is 13.2. The van der Waals surface area contributed by atoms with Crippen LogP contribution in [0.4, 0.5) is 9.18 Å². The highest BCUT2D eigenvalue weighted by Crippen LogP contribution is 2.31. The maximum absolute atomic E-state index is 14.3. The standard InChI is InChI=1S/C15H17FN4O5/c16-10-4-7(13(21)19-18)3-8-9(10)5-20(14(8)22)11-1-2-24-6-12(11)25-15(17)23/h3-4,11-12H,1-2,5-6,18H2,(H2,17,23)(H,19,21)/t11-,12-/m1/s1. The van der Waals surface area contributed by atoms with Crippen LogP contribution in [0.15, 0.2) is 12.1 Å². The van der Waals surface area contributed by atoms with Gasteiger partial charge in [0.1, 0.15) is 11.9 Å². The van der Waals surface area contributed by atoms with E-state index >= 15 is 0 Å². The number of primary amides is 1. The fourth-order valence-electron chi connectivity index (χ4n) is 3.19. The minimum absolute atomic E-state index is 0.00775. The Bertz CT molecular complexity index is 741. The molecule has 0 spiro atoms. The Kier molecular flexibility index (Phi) is 4.55. The van der Waals surface area contributed by atoms with Crippen molar-refractivity contribution in [3.8, 4) is 0 Å². The second kappa shape index (κ2) is 6.65. The molecule has 3 rings (SSSR count). The van der Waals surface area contributed by atoms with Gasteiger partial charge in [-0.2, -0.15) is 0 Å². The molecule has 0 bridgehead atoms. The van der Waals surface area contributed by atoms with Crippen LogP contribution in [-0.2, 0) is 16.0 Å². The molecule has 1 aromatic carbocycles. The Morgan fingerprint density at radius 2 is 2.16 bits per heavy atom. The molecule has 0 aliphatic carbocycles. The summed E-state index contributed by atoms with van der Waals surface area (Å²) >= 11 is 0. The highest BCUT2D eigenvalue weighted by Gasteiger charge is 2.41. The van der Waals surface area contributed by atoms with Crippen molar-refractivity contribution in [2.45, 2.75) is 25.1 Å². The lowest BCUT2D eigenvalue weighted by atomic mass is 10.0. The van der Waals surface area contributed by atoms with E-state index in [1.54, 1.807) is 0 Å². The van der Waals surface area contributed by atoms with E-state index in [4.69, 9.17) is 21.1 Å². The smallest absolute Gasteiger partial charge is 0.404 e. The number of nitrogen functional groups attached to an aromatic ring is 1. The van der Waals surface area contributed by atoms with Crippen LogP contribution in [0.3, 0.4) is 0 Å². The number of rotatable bonds is 3. The van der Waals surface area contributed by atoms with Crippen LogP contribution >= 0.6 is 0 Å². The van der Waals surface area contributed by atoms with Crippen molar-refractivity contribution >= 4 is 17.9 Å². The number of nitrogens with one attached hydrogen (secondary N) is 1. The molecule has 0 saturated carbocycles. The average Bonchev–Trinajstić information content (AvgIpc) is 2.91. The Balaban J connectivity index is 1.90. The molecule has 1 fully saturated rings. The van der Waals surface area contributed by atoms with Crippen LogP contribution in [0.5, 0.6) is 0 Å². The number of benzene rings is 1. The Hall–Kier alpha value is -2.72. The number of carbonyl (C=O) groups is 3.